The smallest absolute Gasteiger partial charge is 0.278 e. The van der Waals surface area contributed by atoms with Crippen molar-refractivity contribution in [1.29, 1.82) is 0 Å². The van der Waals surface area contributed by atoms with Crippen LogP contribution in [0.25, 0.3) is 10.2 Å². The van der Waals surface area contributed by atoms with Gasteiger partial charge in [-0.05, 0) is 59.1 Å². The summed E-state index contributed by atoms with van der Waals surface area (Å²) >= 11 is 1.50. The largest absolute Gasteiger partial charge is 0.497 e. The molecule has 150 valence electrons. The first-order valence-corrected chi connectivity index (χ1v) is 10.1. The van der Waals surface area contributed by atoms with Crippen molar-refractivity contribution in [3.63, 3.8) is 0 Å². The van der Waals surface area contributed by atoms with Gasteiger partial charge in [-0.25, -0.2) is 4.98 Å². The van der Waals surface area contributed by atoms with Gasteiger partial charge in [0.2, 0.25) is 0 Å². The van der Waals surface area contributed by atoms with Crippen molar-refractivity contribution >= 4 is 32.6 Å². The quantitative estimate of drug-likeness (QED) is 0.605. The van der Waals surface area contributed by atoms with E-state index in [4.69, 9.17) is 9.72 Å². The number of hydrogen-bond donors (Lipinski definition) is 0. The van der Waals surface area contributed by atoms with Crippen LogP contribution in [0, 0.1) is 6.92 Å². The number of rotatable bonds is 7. The number of anilines is 1. The number of amides is 1. The van der Waals surface area contributed by atoms with Crippen molar-refractivity contribution in [3.8, 4) is 5.75 Å². The van der Waals surface area contributed by atoms with Crippen molar-refractivity contribution in [2.75, 3.05) is 39.2 Å². The number of benzene rings is 1. The lowest BCUT2D eigenvalue weighted by atomic mass is 10.3. The van der Waals surface area contributed by atoms with Gasteiger partial charge in [0, 0.05) is 19.1 Å². The number of nitrogens with zero attached hydrogens (tertiary/aromatic N) is 5. The van der Waals surface area contributed by atoms with E-state index < -0.39 is 0 Å². The van der Waals surface area contributed by atoms with E-state index in [1.54, 1.807) is 16.7 Å². The third-order valence-electron chi connectivity index (χ3n) is 4.40. The minimum absolute atomic E-state index is 0.0813. The summed E-state index contributed by atoms with van der Waals surface area (Å²) in [6.07, 6.45) is 0. The lowest BCUT2D eigenvalue weighted by molar-refractivity contribution is 0.0973. The molecule has 3 aromatic rings. The number of fused-ring (bicyclic) bond motifs is 1. The molecular formula is C20H27N5O2S. The van der Waals surface area contributed by atoms with Crippen LogP contribution in [0.1, 0.15) is 36.1 Å². The second kappa shape index (κ2) is 8.28. The molecule has 0 aliphatic carbocycles. The lowest BCUT2D eigenvalue weighted by Crippen LogP contribution is -2.38. The summed E-state index contributed by atoms with van der Waals surface area (Å²) in [6, 6.07) is 7.71. The summed E-state index contributed by atoms with van der Waals surface area (Å²) in [5, 5.41) is 5.18. The van der Waals surface area contributed by atoms with Gasteiger partial charge in [-0.1, -0.05) is 11.3 Å². The Morgan fingerprint density at radius 2 is 2.00 bits per heavy atom. The Morgan fingerprint density at radius 3 is 2.64 bits per heavy atom. The average Bonchev–Trinajstić information content (AvgIpc) is 3.24. The highest BCUT2D eigenvalue weighted by atomic mass is 32.1. The number of likely N-dealkylation sites (N-methyl/N-ethyl adjacent to an activating group) is 1. The summed E-state index contributed by atoms with van der Waals surface area (Å²) in [6.45, 7) is 7.24. The van der Waals surface area contributed by atoms with Crippen molar-refractivity contribution < 1.29 is 9.53 Å². The maximum atomic E-state index is 13.5. The molecule has 1 amide bonds. The highest BCUT2D eigenvalue weighted by molar-refractivity contribution is 7.22. The van der Waals surface area contributed by atoms with Crippen LogP contribution < -0.4 is 9.64 Å². The van der Waals surface area contributed by atoms with Crippen LogP contribution in [0.5, 0.6) is 5.75 Å². The first kappa shape index (κ1) is 20.3. The van der Waals surface area contributed by atoms with E-state index in [1.165, 1.54) is 11.3 Å². The predicted octanol–water partition coefficient (Wildman–Crippen LogP) is 3.60. The van der Waals surface area contributed by atoms with Crippen molar-refractivity contribution in [3.05, 3.63) is 35.7 Å². The van der Waals surface area contributed by atoms with Crippen molar-refractivity contribution in [2.45, 2.75) is 26.8 Å². The number of aromatic nitrogens is 3. The number of methoxy groups -OCH3 is 1. The van der Waals surface area contributed by atoms with Gasteiger partial charge in [0.15, 0.2) is 5.13 Å². The summed E-state index contributed by atoms with van der Waals surface area (Å²) in [5.41, 5.74) is 2.28. The Balaban J connectivity index is 2.03. The van der Waals surface area contributed by atoms with E-state index in [2.05, 4.69) is 10.00 Å². The topological polar surface area (TPSA) is 63.5 Å². The molecule has 1 aromatic carbocycles. The van der Waals surface area contributed by atoms with E-state index in [0.717, 1.165) is 28.2 Å². The highest BCUT2D eigenvalue weighted by Gasteiger charge is 2.25. The average molecular weight is 402 g/mol. The molecule has 0 fully saturated rings. The number of hydrogen-bond acceptors (Lipinski definition) is 6. The van der Waals surface area contributed by atoms with E-state index in [0.29, 0.717) is 17.4 Å². The van der Waals surface area contributed by atoms with Gasteiger partial charge < -0.3 is 9.64 Å². The minimum Gasteiger partial charge on any atom is -0.497 e. The van der Waals surface area contributed by atoms with Crippen LogP contribution in [0.4, 0.5) is 5.13 Å². The molecule has 0 aliphatic rings. The molecule has 0 radical (unpaired) electrons. The van der Waals surface area contributed by atoms with Gasteiger partial charge in [-0.3, -0.25) is 14.4 Å². The Labute approximate surface area is 169 Å². The van der Waals surface area contributed by atoms with Gasteiger partial charge in [-0.2, -0.15) is 5.10 Å². The van der Waals surface area contributed by atoms with Gasteiger partial charge in [0.05, 0.1) is 23.0 Å². The number of carbonyl (C=O) groups is 1. The maximum Gasteiger partial charge on any atom is 0.278 e. The van der Waals surface area contributed by atoms with Crippen LogP contribution in [-0.4, -0.2) is 59.9 Å². The number of aryl methyl sites for hydroxylation is 1. The summed E-state index contributed by atoms with van der Waals surface area (Å²) in [5.74, 6) is 0.699. The molecule has 0 spiro atoms. The Kier molecular flexibility index (Phi) is 6.00. The molecule has 2 aromatic heterocycles. The molecule has 7 nitrogen and oxygen atoms in total. The Bertz CT molecular complexity index is 976. The fourth-order valence-corrected chi connectivity index (χ4v) is 3.95. The zero-order valence-corrected chi connectivity index (χ0v) is 18.1. The van der Waals surface area contributed by atoms with E-state index in [1.807, 2.05) is 59.1 Å². The van der Waals surface area contributed by atoms with Gasteiger partial charge in [0.1, 0.15) is 11.4 Å². The first-order chi connectivity index (χ1) is 13.3. The summed E-state index contributed by atoms with van der Waals surface area (Å²) in [7, 11) is 5.63. The third kappa shape index (κ3) is 4.18. The van der Waals surface area contributed by atoms with E-state index in [9.17, 15) is 4.79 Å². The molecule has 0 aliphatic heterocycles. The zero-order chi connectivity index (χ0) is 20.4. The molecule has 8 heteroatoms. The van der Waals surface area contributed by atoms with E-state index >= 15 is 0 Å². The van der Waals surface area contributed by atoms with Crippen LogP contribution in [0.3, 0.4) is 0 Å². The second-order valence-electron chi connectivity index (χ2n) is 7.30. The molecule has 0 atom stereocenters. The molecule has 3 rings (SSSR count). The van der Waals surface area contributed by atoms with Gasteiger partial charge in [-0.15, -0.1) is 0 Å². The maximum absolute atomic E-state index is 13.5. The zero-order valence-electron chi connectivity index (χ0n) is 17.3. The Hall–Kier alpha value is -2.45. The van der Waals surface area contributed by atoms with Crippen LogP contribution in [0.15, 0.2) is 24.3 Å². The monoisotopic (exact) mass is 401 g/mol. The molecule has 2 heterocycles. The standard InChI is InChI=1S/C20H27N5O2S/c1-13(2)25-17(11-14(3)22-25)19(26)24(10-9-23(4)5)20-21-16-8-7-15(27-6)12-18(16)28-20/h7-8,11-13H,9-10H2,1-6H3. The third-order valence-corrected chi connectivity index (χ3v) is 5.44. The van der Waals surface area contributed by atoms with Gasteiger partial charge >= 0.3 is 0 Å². The molecule has 0 bridgehead atoms. The fourth-order valence-electron chi connectivity index (χ4n) is 2.93. The van der Waals surface area contributed by atoms with Crippen LogP contribution in [-0.2, 0) is 0 Å². The molecule has 0 unspecified atom stereocenters. The molecular weight excluding hydrogens is 374 g/mol. The summed E-state index contributed by atoms with van der Waals surface area (Å²) < 4.78 is 8.09. The van der Waals surface area contributed by atoms with Crippen LogP contribution in [0.2, 0.25) is 0 Å². The van der Waals surface area contributed by atoms with Crippen LogP contribution >= 0.6 is 11.3 Å². The highest BCUT2D eigenvalue weighted by Crippen LogP contribution is 2.32. The second-order valence-corrected chi connectivity index (χ2v) is 8.31. The minimum atomic E-state index is -0.0813. The number of ether oxygens (including phenoxy) is 1. The predicted molar refractivity (Wildman–Crippen MR) is 114 cm³/mol. The molecule has 28 heavy (non-hydrogen) atoms. The number of thiazole rings is 1. The fraction of sp³-hybridized carbons (Fsp3) is 0.450. The SMILES string of the molecule is COc1ccc2nc(N(CCN(C)C)C(=O)c3cc(C)nn3C(C)C)sc2c1. The van der Waals surface area contributed by atoms with Gasteiger partial charge in [0.25, 0.3) is 5.91 Å². The van der Waals surface area contributed by atoms with Crippen molar-refractivity contribution in [1.82, 2.24) is 19.7 Å². The normalized spacial score (nSPS) is 11.6. The van der Waals surface area contributed by atoms with E-state index in [-0.39, 0.29) is 11.9 Å². The van der Waals surface area contributed by atoms with Crippen molar-refractivity contribution in [2.24, 2.45) is 0 Å². The Morgan fingerprint density at radius 1 is 1.25 bits per heavy atom. The number of carbonyl (C=O) groups excluding carboxylic acids is 1. The summed E-state index contributed by atoms with van der Waals surface area (Å²) in [4.78, 5) is 22.0. The molecule has 0 N–H and O–H groups in total. The molecule has 0 saturated carbocycles. The lowest BCUT2D eigenvalue weighted by Gasteiger charge is -2.22. The molecule has 0 saturated heterocycles. The first-order valence-electron chi connectivity index (χ1n) is 9.27.